The van der Waals surface area contributed by atoms with E-state index in [0.717, 1.165) is 5.56 Å². The van der Waals surface area contributed by atoms with Gasteiger partial charge in [-0.25, -0.2) is 0 Å². The van der Waals surface area contributed by atoms with Crippen LogP contribution in [-0.2, 0) is 16.0 Å². The maximum atomic E-state index is 13.2. The molecule has 7 heteroatoms. The van der Waals surface area contributed by atoms with Crippen LogP contribution in [0.3, 0.4) is 0 Å². The number of carbonyl (C=O) groups excluding carboxylic acids is 2. The highest BCUT2D eigenvalue weighted by Crippen LogP contribution is 2.42. The number of benzene rings is 3. The number of Topliss-reactive ketones (excluding diaryl/α,β-unsaturated/α-hetero) is 1. The van der Waals surface area contributed by atoms with Crippen molar-refractivity contribution < 1.29 is 24.2 Å². The fourth-order valence-electron chi connectivity index (χ4n) is 4.24. The van der Waals surface area contributed by atoms with Crippen molar-refractivity contribution in [2.45, 2.75) is 19.4 Å². The predicted molar refractivity (Wildman–Crippen MR) is 135 cm³/mol. The minimum absolute atomic E-state index is 0.0246. The Morgan fingerprint density at radius 1 is 1.00 bits per heavy atom. The zero-order chi connectivity index (χ0) is 24.9. The Labute approximate surface area is 209 Å². The maximum absolute atomic E-state index is 13.2. The third-order valence-electron chi connectivity index (χ3n) is 5.95. The third kappa shape index (κ3) is 5.03. The van der Waals surface area contributed by atoms with E-state index in [1.165, 1.54) is 12.0 Å². The van der Waals surface area contributed by atoms with Gasteiger partial charge in [0.15, 0.2) is 11.5 Å². The number of nitrogens with zero attached hydrogens (tertiary/aromatic N) is 1. The van der Waals surface area contributed by atoms with Gasteiger partial charge in [0.25, 0.3) is 11.7 Å². The third-order valence-corrected chi connectivity index (χ3v) is 6.20. The Hall–Kier alpha value is -3.77. The minimum atomic E-state index is -0.793. The van der Waals surface area contributed by atoms with Gasteiger partial charge in [-0.05, 0) is 60.9 Å². The smallest absolute Gasteiger partial charge is 0.295 e. The molecule has 1 aliphatic heterocycles. The van der Waals surface area contributed by atoms with Crippen LogP contribution in [0.25, 0.3) is 5.76 Å². The van der Waals surface area contributed by atoms with Crippen LogP contribution < -0.4 is 9.47 Å². The van der Waals surface area contributed by atoms with Gasteiger partial charge in [-0.15, -0.1) is 0 Å². The molecule has 180 valence electrons. The molecule has 6 nitrogen and oxygen atoms in total. The van der Waals surface area contributed by atoms with E-state index in [2.05, 4.69) is 0 Å². The van der Waals surface area contributed by atoms with Crippen LogP contribution in [-0.4, -0.2) is 42.0 Å². The zero-order valence-corrected chi connectivity index (χ0v) is 20.3. The van der Waals surface area contributed by atoms with Gasteiger partial charge in [-0.3, -0.25) is 9.59 Å². The summed E-state index contributed by atoms with van der Waals surface area (Å²) in [6, 6.07) is 20.7. The molecule has 0 spiro atoms. The first-order valence-electron chi connectivity index (χ1n) is 11.3. The van der Waals surface area contributed by atoms with Crippen molar-refractivity contribution in [1.82, 2.24) is 4.90 Å². The van der Waals surface area contributed by atoms with Crippen LogP contribution in [0.2, 0.25) is 5.02 Å². The largest absolute Gasteiger partial charge is 0.507 e. The van der Waals surface area contributed by atoms with E-state index >= 15 is 0 Å². The zero-order valence-electron chi connectivity index (χ0n) is 19.5. The van der Waals surface area contributed by atoms with E-state index < -0.39 is 17.7 Å². The van der Waals surface area contributed by atoms with Crippen molar-refractivity contribution in [1.29, 1.82) is 0 Å². The van der Waals surface area contributed by atoms with E-state index in [0.29, 0.717) is 47.2 Å². The first-order chi connectivity index (χ1) is 16.9. The maximum Gasteiger partial charge on any atom is 0.295 e. The number of ether oxygens (including phenoxy) is 2. The van der Waals surface area contributed by atoms with E-state index in [1.54, 1.807) is 42.5 Å². The first kappa shape index (κ1) is 24.4. The topological polar surface area (TPSA) is 76.1 Å². The highest BCUT2D eigenvalue weighted by Gasteiger charge is 2.46. The van der Waals surface area contributed by atoms with Gasteiger partial charge in [0.05, 0.1) is 25.3 Å². The molecule has 1 unspecified atom stereocenters. The summed E-state index contributed by atoms with van der Waals surface area (Å²) >= 11 is 6.00. The van der Waals surface area contributed by atoms with E-state index in [1.807, 2.05) is 37.3 Å². The summed E-state index contributed by atoms with van der Waals surface area (Å²) in [5, 5.41) is 11.7. The van der Waals surface area contributed by atoms with Crippen LogP contribution in [0.5, 0.6) is 11.5 Å². The van der Waals surface area contributed by atoms with Crippen molar-refractivity contribution in [3.8, 4) is 11.5 Å². The average Bonchev–Trinajstić information content (AvgIpc) is 3.13. The molecule has 35 heavy (non-hydrogen) atoms. The molecule has 0 aliphatic carbocycles. The van der Waals surface area contributed by atoms with Crippen LogP contribution >= 0.6 is 11.6 Å². The second-order valence-corrected chi connectivity index (χ2v) is 8.51. The number of carbonyl (C=O) groups is 2. The number of hydrogen-bond acceptors (Lipinski definition) is 5. The Morgan fingerprint density at radius 2 is 1.71 bits per heavy atom. The fourth-order valence-corrected chi connectivity index (χ4v) is 4.37. The minimum Gasteiger partial charge on any atom is -0.507 e. The van der Waals surface area contributed by atoms with Gasteiger partial charge in [-0.2, -0.15) is 0 Å². The predicted octanol–water partition coefficient (Wildman–Crippen LogP) is 5.41. The Bertz CT molecular complexity index is 1250. The summed E-state index contributed by atoms with van der Waals surface area (Å²) in [6.45, 7) is 2.63. The quantitative estimate of drug-likeness (QED) is 0.259. The second-order valence-electron chi connectivity index (χ2n) is 8.08. The Morgan fingerprint density at radius 3 is 2.37 bits per heavy atom. The van der Waals surface area contributed by atoms with Gasteiger partial charge >= 0.3 is 0 Å². The number of halogens is 1. The lowest BCUT2D eigenvalue weighted by atomic mass is 9.95. The summed E-state index contributed by atoms with van der Waals surface area (Å²) in [5.41, 5.74) is 2.10. The molecule has 1 amide bonds. The molecule has 0 aromatic heterocycles. The molecule has 1 aliphatic rings. The van der Waals surface area contributed by atoms with Gasteiger partial charge in [0.1, 0.15) is 5.76 Å². The Kier molecular flexibility index (Phi) is 7.42. The highest BCUT2D eigenvalue weighted by molar-refractivity contribution is 6.46. The summed E-state index contributed by atoms with van der Waals surface area (Å²) in [7, 11) is 1.53. The molecule has 3 aromatic rings. The molecular weight excluding hydrogens is 466 g/mol. The van der Waals surface area contributed by atoms with E-state index in [-0.39, 0.29) is 11.3 Å². The lowest BCUT2D eigenvalue weighted by Gasteiger charge is -2.26. The summed E-state index contributed by atoms with van der Waals surface area (Å²) in [4.78, 5) is 27.9. The first-order valence-corrected chi connectivity index (χ1v) is 11.7. The van der Waals surface area contributed by atoms with E-state index in [9.17, 15) is 14.7 Å². The van der Waals surface area contributed by atoms with E-state index in [4.69, 9.17) is 21.1 Å². The van der Waals surface area contributed by atoms with Crippen molar-refractivity contribution in [3.05, 3.63) is 100 Å². The summed E-state index contributed by atoms with van der Waals surface area (Å²) < 4.78 is 11.1. The number of amides is 1. The van der Waals surface area contributed by atoms with Crippen molar-refractivity contribution in [2.75, 3.05) is 20.3 Å². The standard InChI is InChI=1S/C28H26ClNO5/c1-3-35-22-14-11-20(17-23(22)34-2)25-24(26(31)19-9-12-21(29)13-10-19)27(32)28(33)30(25)16-15-18-7-5-4-6-8-18/h4-14,17,25,31H,3,15-16H2,1-2H3. The summed E-state index contributed by atoms with van der Waals surface area (Å²) in [5.74, 6) is -0.611. The second kappa shape index (κ2) is 10.7. The monoisotopic (exact) mass is 491 g/mol. The number of rotatable bonds is 8. The average molecular weight is 492 g/mol. The molecule has 3 aromatic carbocycles. The number of likely N-dealkylation sites (tertiary alicyclic amines) is 1. The molecule has 0 bridgehead atoms. The van der Waals surface area contributed by atoms with Crippen molar-refractivity contribution in [2.24, 2.45) is 0 Å². The molecule has 1 fully saturated rings. The molecular formula is C28H26ClNO5. The van der Waals surface area contributed by atoms with Gasteiger partial charge < -0.3 is 19.5 Å². The molecule has 1 heterocycles. The number of aliphatic hydroxyl groups is 1. The van der Waals surface area contributed by atoms with Crippen LogP contribution in [0, 0.1) is 0 Å². The Balaban J connectivity index is 1.81. The lowest BCUT2D eigenvalue weighted by Crippen LogP contribution is -2.31. The molecule has 1 N–H and O–H groups in total. The van der Waals surface area contributed by atoms with Crippen LogP contribution in [0.4, 0.5) is 0 Å². The lowest BCUT2D eigenvalue weighted by molar-refractivity contribution is -0.139. The number of methoxy groups -OCH3 is 1. The number of hydrogen-bond donors (Lipinski definition) is 1. The molecule has 0 saturated carbocycles. The normalized spacial score (nSPS) is 17.0. The van der Waals surface area contributed by atoms with Gasteiger partial charge in [0, 0.05) is 17.1 Å². The molecule has 0 radical (unpaired) electrons. The molecule has 1 saturated heterocycles. The number of ketones is 1. The van der Waals surface area contributed by atoms with Crippen LogP contribution in [0.1, 0.15) is 29.7 Å². The summed E-state index contributed by atoms with van der Waals surface area (Å²) in [6.07, 6.45) is 0.555. The van der Waals surface area contributed by atoms with Crippen LogP contribution in [0.15, 0.2) is 78.4 Å². The molecule has 1 atom stereocenters. The SMILES string of the molecule is CCOc1ccc(C2C(=C(O)c3ccc(Cl)cc3)C(=O)C(=O)N2CCc2ccccc2)cc1OC. The fraction of sp³-hybridized carbons (Fsp3) is 0.214. The van der Waals surface area contributed by atoms with Gasteiger partial charge in [-0.1, -0.05) is 48.0 Å². The van der Waals surface area contributed by atoms with Gasteiger partial charge in [0.2, 0.25) is 0 Å². The molecule has 4 rings (SSSR count). The number of aliphatic hydroxyl groups excluding tert-OH is 1. The van der Waals surface area contributed by atoms with Crippen molar-refractivity contribution >= 4 is 29.1 Å². The van der Waals surface area contributed by atoms with Crippen molar-refractivity contribution in [3.63, 3.8) is 0 Å². The highest BCUT2D eigenvalue weighted by atomic mass is 35.5.